The first kappa shape index (κ1) is 13.9. The Morgan fingerprint density at radius 3 is 2.86 bits per heavy atom. The van der Waals surface area contributed by atoms with Gasteiger partial charge in [-0.15, -0.1) is 0 Å². The van der Waals surface area contributed by atoms with Gasteiger partial charge in [-0.3, -0.25) is 0 Å². The van der Waals surface area contributed by atoms with Gasteiger partial charge in [0, 0.05) is 32.9 Å². The number of ether oxygens (including phenoxy) is 2. The number of fused-ring (bicyclic) bond motifs is 1. The molecule has 6 nitrogen and oxygen atoms in total. The molecule has 1 aliphatic heterocycles. The van der Waals surface area contributed by atoms with Crippen LogP contribution in [-0.2, 0) is 13.0 Å². The number of aromatic nitrogens is 2. The predicted octanol–water partition coefficient (Wildman–Crippen LogP) is 1.87. The predicted molar refractivity (Wildman–Crippen MR) is 76.5 cm³/mol. The molecule has 0 bridgehead atoms. The highest BCUT2D eigenvalue weighted by Crippen LogP contribution is 2.30. The summed E-state index contributed by atoms with van der Waals surface area (Å²) in [5.74, 6) is 3.01. The Morgan fingerprint density at radius 2 is 2.05 bits per heavy atom. The summed E-state index contributed by atoms with van der Waals surface area (Å²) in [7, 11) is 0. The first-order valence-electron chi connectivity index (χ1n) is 7.20. The first-order valence-corrected chi connectivity index (χ1v) is 7.20. The van der Waals surface area contributed by atoms with Crippen LogP contribution in [-0.4, -0.2) is 29.9 Å². The number of aryl methyl sites for hydroxylation is 1. The first-order chi connectivity index (χ1) is 10.3. The number of benzene rings is 1. The number of hydrogen-bond acceptors (Lipinski definition) is 6. The molecule has 6 heteroatoms. The van der Waals surface area contributed by atoms with E-state index in [1.54, 1.807) is 6.92 Å². The molecule has 0 fully saturated rings. The third-order valence-electron chi connectivity index (χ3n) is 3.24. The topological polar surface area (TPSA) is 69.4 Å². The zero-order valence-corrected chi connectivity index (χ0v) is 12.1. The van der Waals surface area contributed by atoms with Gasteiger partial charge in [0.15, 0.2) is 17.3 Å². The smallest absolute Gasteiger partial charge is 0.223 e. The second kappa shape index (κ2) is 6.58. The zero-order chi connectivity index (χ0) is 14.5. The molecule has 3 rings (SSSR count). The van der Waals surface area contributed by atoms with Gasteiger partial charge in [0.25, 0.3) is 0 Å². The van der Waals surface area contributed by atoms with Crippen molar-refractivity contribution in [2.24, 2.45) is 0 Å². The Kier molecular flexibility index (Phi) is 4.35. The second-order valence-corrected chi connectivity index (χ2v) is 4.99. The molecule has 0 unspecified atom stereocenters. The van der Waals surface area contributed by atoms with Crippen LogP contribution in [0.3, 0.4) is 0 Å². The maximum absolute atomic E-state index is 5.68. The summed E-state index contributed by atoms with van der Waals surface area (Å²) in [6.07, 6.45) is 1.67. The Hall–Kier alpha value is -2.08. The van der Waals surface area contributed by atoms with E-state index in [0.717, 1.165) is 43.3 Å². The minimum absolute atomic E-state index is 0.605. The minimum Gasteiger partial charge on any atom is -0.490 e. The van der Waals surface area contributed by atoms with Crippen LogP contribution in [0.4, 0.5) is 0 Å². The molecule has 1 aliphatic rings. The van der Waals surface area contributed by atoms with Crippen molar-refractivity contribution in [2.45, 2.75) is 26.3 Å². The van der Waals surface area contributed by atoms with E-state index in [2.05, 4.69) is 21.5 Å². The molecule has 1 N–H and O–H groups in total. The lowest BCUT2D eigenvalue weighted by molar-refractivity contribution is 0.297. The Labute approximate surface area is 123 Å². The molecule has 1 aromatic heterocycles. The highest BCUT2D eigenvalue weighted by molar-refractivity contribution is 5.43. The maximum atomic E-state index is 5.68. The highest BCUT2D eigenvalue weighted by Gasteiger charge is 2.10. The standard InChI is InChI=1S/C15H19N3O3/c1-11-17-15(18-21-11)5-6-16-10-12-3-4-13-14(9-12)20-8-2-7-19-13/h3-4,9,16H,2,5-8,10H2,1H3. The van der Waals surface area contributed by atoms with Crippen LogP contribution in [0.2, 0.25) is 0 Å². The maximum Gasteiger partial charge on any atom is 0.223 e. The summed E-state index contributed by atoms with van der Waals surface area (Å²) < 4.78 is 16.2. The highest BCUT2D eigenvalue weighted by atomic mass is 16.5. The van der Waals surface area contributed by atoms with Gasteiger partial charge in [-0.25, -0.2) is 0 Å². The van der Waals surface area contributed by atoms with Crippen molar-refractivity contribution in [1.29, 1.82) is 0 Å². The van der Waals surface area contributed by atoms with Gasteiger partial charge >= 0.3 is 0 Å². The number of nitrogens with one attached hydrogen (secondary N) is 1. The molecule has 21 heavy (non-hydrogen) atoms. The molecule has 0 saturated heterocycles. The molecule has 0 atom stereocenters. The largest absolute Gasteiger partial charge is 0.490 e. The van der Waals surface area contributed by atoms with Gasteiger partial charge < -0.3 is 19.3 Å². The fraction of sp³-hybridized carbons (Fsp3) is 0.467. The van der Waals surface area contributed by atoms with Gasteiger partial charge in [0.05, 0.1) is 13.2 Å². The van der Waals surface area contributed by atoms with E-state index in [-0.39, 0.29) is 0 Å². The van der Waals surface area contributed by atoms with Crippen LogP contribution in [0.15, 0.2) is 22.7 Å². The van der Waals surface area contributed by atoms with Gasteiger partial charge in [-0.2, -0.15) is 4.98 Å². The van der Waals surface area contributed by atoms with E-state index in [1.807, 2.05) is 12.1 Å². The third kappa shape index (κ3) is 3.72. The summed E-state index contributed by atoms with van der Waals surface area (Å²) in [6.45, 7) is 4.79. The normalized spacial score (nSPS) is 14.0. The molecular formula is C15H19N3O3. The summed E-state index contributed by atoms with van der Waals surface area (Å²) in [4.78, 5) is 4.17. The SMILES string of the molecule is Cc1nc(CCNCc2ccc3c(c2)OCCCO3)no1. The monoisotopic (exact) mass is 289 g/mol. The summed E-state index contributed by atoms with van der Waals surface area (Å²) >= 11 is 0. The van der Waals surface area contributed by atoms with E-state index >= 15 is 0 Å². The molecule has 0 amide bonds. The van der Waals surface area contributed by atoms with Gasteiger partial charge in [-0.05, 0) is 17.7 Å². The lowest BCUT2D eigenvalue weighted by Gasteiger charge is -2.09. The van der Waals surface area contributed by atoms with Gasteiger partial charge in [-0.1, -0.05) is 11.2 Å². The molecule has 2 heterocycles. The van der Waals surface area contributed by atoms with Gasteiger partial charge in [0.1, 0.15) is 0 Å². The zero-order valence-electron chi connectivity index (χ0n) is 12.1. The Balaban J connectivity index is 1.50. The molecule has 0 radical (unpaired) electrons. The number of hydrogen-bond donors (Lipinski definition) is 1. The third-order valence-corrected chi connectivity index (χ3v) is 3.24. The summed E-state index contributed by atoms with van der Waals surface area (Å²) in [5.41, 5.74) is 1.17. The van der Waals surface area contributed by atoms with E-state index in [0.29, 0.717) is 19.1 Å². The Bertz CT molecular complexity index is 598. The second-order valence-electron chi connectivity index (χ2n) is 4.99. The van der Waals surface area contributed by atoms with Crippen molar-refractivity contribution in [2.75, 3.05) is 19.8 Å². The van der Waals surface area contributed by atoms with Crippen molar-refractivity contribution in [1.82, 2.24) is 15.5 Å². The fourth-order valence-electron chi connectivity index (χ4n) is 2.19. The van der Waals surface area contributed by atoms with Crippen LogP contribution >= 0.6 is 0 Å². The molecule has 0 aliphatic carbocycles. The average Bonchev–Trinajstić information content (AvgIpc) is 2.76. The lowest BCUT2D eigenvalue weighted by atomic mass is 10.2. The van der Waals surface area contributed by atoms with Crippen molar-refractivity contribution in [3.63, 3.8) is 0 Å². The van der Waals surface area contributed by atoms with Crippen LogP contribution < -0.4 is 14.8 Å². The van der Waals surface area contributed by atoms with Crippen LogP contribution in [0, 0.1) is 6.92 Å². The van der Waals surface area contributed by atoms with E-state index in [9.17, 15) is 0 Å². The van der Waals surface area contributed by atoms with Crippen LogP contribution in [0.25, 0.3) is 0 Å². The fourth-order valence-corrected chi connectivity index (χ4v) is 2.19. The quantitative estimate of drug-likeness (QED) is 0.847. The molecule has 2 aromatic rings. The number of rotatable bonds is 5. The molecule has 0 spiro atoms. The van der Waals surface area contributed by atoms with E-state index in [1.165, 1.54) is 5.56 Å². The molecule has 0 saturated carbocycles. The summed E-state index contributed by atoms with van der Waals surface area (Å²) in [6, 6.07) is 6.06. The van der Waals surface area contributed by atoms with Crippen molar-refractivity contribution in [3.8, 4) is 11.5 Å². The molecular weight excluding hydrogens is 270 g/mol. The minimum atomic E-state index is 0.605. The Morgan fingerprint density at radius 1 is 1.19 bits per heavy atom. The molecule has 112 valence electrons. The average molecular weight is 289 g/mol. The van der Waals surface area contributed by atoms with E-state index < -0.39 is 0 Å². The van der Waals surface area contributed by atoms with Gasteiger partial charge in [0.2, 0.25) is 5.89 Å². The number of nitrogens with zero attached hydrogens (tertiary/aromatic N) is 2. The van der Waals surface area contributed by atoms with E-state index in [4.69, 9.17) is 14.0 Å². The van der Waals surface area contributed by atoms with Crippen molar-refractivity contribution < 1.29 is 14.0 Å². The molecule has 1 aromatic carbocycles. The summed E-state index contributed by atoms with van der Waals surface area (Å²) in [5, 5.41) is 7.23. The van der Waals surface area contributed by atoms with Crippen LogP contribution in [0.5, 0.6) is 11.5 Å². The van der Waals surface area contributed by atoms with Crippen molar-refractivity contribution >= 4 is 0 Å². The van der Waals surface area contributed by atoms with Crippen LogP contribution in [0.1, 0.15) is 23.7 Å². The lowest BCUT2D eigenvalue weighted by Crippen LogP contribution is -2.17. The van der Waals surface area contributed by atoms with Crippen molar-refractivity contribution in [3.05, 3.63) is 35.5 Å².